The van der Waals surface area contributed by atoms with Gasteiger partial charge in [0.2, 0.25) is 5.91 Å². The van der Waals surface area contributed by atoms with Crippen LogP contribution in [0.15, 0.2) is 45.8 Å². The van der Waals surface area contributed by atoms with Crippen LogP contribution in [0.4, 0.5) is 10.5 Å². The summed E-state index contributed by atoms with van der Waals surface area (Å²) in [4.78, 5) is 52.9. The number of amides is 4. The number of anilines is 1. The van der Waals surface area contributed by atoms with Gasteiger partial charge in [0, 0.05) is 23.2 Å². The summed E-state index contributed by atoms with van der Waals surface area (Å²) in [5, 5.41) is 2.29. The van der Waals surface area contributed by atoms with Crippen LogP contribution in [0.5, 0.6) is 11.5 Å². The van der Waals surface area contributed by atoms with Crippen molar-refractivity contribution in [3.05, 3.63) is 56.9 Å². The Morgan fingerprint density at radius 3 is 2.49 bits per heavy atom. The van der Waals surface area contributed by atoms with E-state index in [4.69, 9.17) is 9.47 Å². The lowest BCUT2D eigenvalue weighted by molar-refractivity contribution is -0.135. The van der Waals surface area contributed by atoms with E-state index in [1.165, 1.54) is 7.11 Å². The van der Waals surface area contributed by atoms with Gasteiger partial charge in [0.05, 0.1) is 12.0 Å². The summed E-state index contributed by atoms with van der Waals surface area (Å²) in [6.07, 6.45) is 3.42. The summed E-state index contributed by atoms with van der Waals surface area (Å²) in [5.74, 6) is -0.391. The Labute approximate surface area is 227 Å². The number of rotatable bonds is 8. The van der Waals surface area contributed by atoms with E-state index in [0.29, 0.717) is 40.3 Å². The molecule has 11 heteroatoms. The van der Waals surface area contributed by atoms with Gasteiger partial charge in [-0.15, -0.1) is 0 Å². The highest BCUT2D eigenvalue weighted by atomic mass is 79.9. The number of aryl methyl sites for hydroxylation is 1. The fraction of sp³-hybridized carbons (Fsp3) is 0.308. The van der Waals surface area contributed by atoms with E-state index in [9.17, 15) is 19.2 Å². The zero-order valence-corrected chi connectivity index (χ0v) is 22.8. The SMILES string of the molecule is COc1cc(/C=C2/SC(=O)N(CC(=O)N3CCCC3)C2=O)c(Br)cc1OCC(=O)Nc1ccc(C)cc1. The molecule has 2 fully saturated rings. The Bertz CT molecular complexity index is 1260. The number of ether oxygens (including phenoxy) is 2. The van der Waals surface area contributed by atoms with Crippen LogP contribution in [-0.2, 0) is 14.4 Å². The van der Waals surface area contributed by atoms with Gasteiger partial charge < -0.3 is 19.7 Å². The number of hydrogen-bond acceptors (Lipinski definition) is 7. The highest BCUT2D eigenvalue weighted by Gasteiger charge is 2.37. The topological polar surface area (TPSA) is 105 Å². The number of thioether (sulfide) groups is 1. The number of carbonyl (C=O) groups excluding carboxylic acids is 4. The summed E-state index contributed by atoms with van der Waals surface area (Å²) in [5.41, 5.74) is 2.33. The average molecular weight is 588 g/mol. The van der Waals surface area contributed by atoms with Crippen LogP contribution >= 0.6 is 27.7 Å². The van der Waals surface area contributed by atoms with Gasteiger partial charge in [0.1, 0.15) is 6.54 Å². The first-order chi connectivity index (χ1) is 17.7. The second kappa shape index (κ2) is 11.8. The number of imide groups is 1. The van der Waals surface area contributed by atoms with Gasteiger partial charge >= 0.3 is 0 Å². The van der Waals surface area contributed by atoms with Crippen LogP contribution < -0.4 is 14.8 Å². The largest absolute Gasteiger partial charge is 0.493 e. The van der Waals surface area contributed by atoms with Crippen LogP contribution in [0, 0.1) is 6.92 Å². The maximum atomic E-state index is 12.9. The lowest BCUT2D eigenvalue weighted by Gasteiger charge is -2.18. The molecule has 0 aromatic heterocycles. The van der Waals surface area contributed by atoms with Crippen molar-refractivity contribution in [1.29, 1.82) is 0 Å². The van der Waals surface area contributed by atoms with Crippen LogP contribution in [-0.4, -0.2) is 66.1 Å². The first-order valence-electron chi connectivity index (χ1n) is 11.6. The summed E-state index contributed by atoms with van der Waals surface area (Å²) in [7, 11) is 1.46. The van der Waals surface area contributed by atoms with Crippen LogP contribution in [0.1, 0.15) is 24.0 Å². The molecule has 0 bridgehead atoms. The minimum Gasteiger partial charge on any atom is -0.493 e. The van der Waals surface area contributed by atoms with Gasteiger partial charge in [-0.25, -0.2) is 0 Å². The molecule has 2 heterocycles. The fourth-order valence-electron chi connectivity index (χ4n) is 3.89. The minimum atomic E-state index is -0.512. The molecular weight excluding hydrogens is 562 g/mol. The number of nitrogens with zero attached hydrogens (tertiary/aromatic N) is 2. The third kappa shape index (κ3) is 6.53. The van der Waals surface area contributed by atoms with Crippen LogP contribution in [0.2, 0.25) is 0 Å². The molecule has 0 atom stereocenters. The molecule has 0 unspecified atom stereocenters. The summed E-state index contributed by atoms with van der Waals surface area (Å²) >= 11 is 4.25. The predicted molar refractivity (Wildman–Crippen MR) is 144 cm³/mol. The zero-order valence-electron chi connectivity index (χ0n) is 20.4. The molecule has 2 aromatic rings. The quantitative estimate of drug-likeness (QED) is 0.455. The summed E-state index contributed by atoms with van der Waals surface area (Å²) < 4.78 is 11.7. The minimum absolute atomic E-state index is 0.202. The number of nitrogens with one attached hydrogen (secondary N) is 1. The molecule has 0 saturated carbocycles. The van der Waals surface area contributed by atoms with E-state index in [-0.39, 0.29) is 29.9 Å². The third-order valence-electron chi connectivity index (χ3n) is 5.89. The van der Waals surface area contributed by atoms with Crippen molar-refractivity contribution in [3.8, 4) is 11.5 Å². The summed E-state index contributed by atoms with van der Waals surface area (Å²) in [6.45, 7) is 2.77. The van der Waals surface area contributed by atoms with E-state index >= 15 is 0 Å². The molecule has 2 saturated heterocycles. The number of hydrogen-bond donors (Lipinski definition) is 1. The van der Waals surface area contributed by atoms with Gasteiger partial charge in [-0.3, -0.25) is 24.1 Å². The molecule has 9 nitrogen and oxygen atoms in total. The van der Waals surface area contributed by atoms with E-state index in [0.717, 1.165) is 35.1 Å². The Morgan fingerprint density at radius 2 is 1.81 bits per heavy atom. The number of carbonyl (C=O) groups is 4. The van der Waals surface area contributed by atoms with Gasteiger partial charge in [0.25, 0.3) is 17.1 Å². The van der Waals surface area contributed by atoms with Gasteiger partial charge in [-0.2, -0.15) is 0 Å². The Balaban J connectivity index is 1.43. The summed E-state index contributed by atoms with van der Waals surface area (Å²) in [6, 6.07) is 10.7. The van der Waals surface area contributed by atoms with Crippen LogP contribution in [0.3, 0.4) is 0 Å². The van der Waals surface area contributed by atoms with Crippen molar-refractivity contribution in [1.82, 2.24) is 9.80 Å². The first-order valence-corrected chi connectivity index (χ1v) is 13.3. The highest BCUT2D eigenvalue weighted by Crippen LogP contribution is 2.38. The molecule has 2 aliphatic heterocycles. The number of benzene rings is 2. The van der Waals surface area contributed by atoms with Crippen molar-refractivity contribution in [3.63, 3.8) is 0 Å². The van der Waals surface area contributed by atoms with Crippen molar-refractivity contribution < 1.29 is 28.7 Å². The third-order valence-corrected chi connectivity index (χ3v) is 7.48. The van der Waals surface area contributed by atoms with E-state index in [2.05, 4.69) is 21.2 Å². The Kier molecular flexibility index (Phi) is 8.55. The van der Waals surface area contributed by atoms with Crippen molar-refractivity contribution in [2.45, 2.75) is 19.8 Å². The van der Waals surface area contributed by atoms with Crippen molar-refractivity contribution in [2.24, 2.45) is 0 Å². The standard InChI is InChI=1S/C26H26BrN3O6S/c1-16-5-7-18(8-6-16)28-23(31)15-36-21-13-19(27)17(11-20(21)35-2)12-22-25(33)30(26(34)37-22)14-24(32)29-9-3-4-10-29/h5-8,11-13H,3-4,9-10,14-15H2,1-2H3,(H,28,31)/b22-12+. The molecule has 4 rings (SSSR count). The van der Waals surface area contributed by atoms with E-state index in [1.807, 2.05) is 31.2 Å². The predicted octanol–water partition coefficient (Wildman–Crippen LogP) is 4.44. The lowest BCUT2D eigenvalue weighted by atomic mass is 10.2. The van der Waals surface area contributed by atoms with Gasteiger partial charge in [-0.1, -0.05) is 33.6 Å². The first kappa shape index (κ1) is 26.7. The Morgan fingerprint density at radius 1 is 1.11 bits per heavy atom. The van der Waals surface area contributed by atoms with Crippen molar-refractivity contribution >= 4 is 62.4 Å². The smallest absolute Gasteiger partial charge is 0.294 e. The maximum Gasteiger partial charge on any atom is 0.294 e. The molecule has 2 aromatic carbocycles. The second-order valence-corrected chi connectivity index (χ2v) is 10.4. The molecule has 0 aliphatic carbocycles. The average Bonchev–Trinajstić information content (AvgIpc) is 3.50. The molecule has 4 amide bonds. The number of methoxy groups -OCH3 is 1. The molecule has 1 N–H and O–H groups in total. The number of likely N-dealkylation sites (tertiary alicyclic amines) is 1. The maximum absolute atomic E-state index is 12.9. The molecular formula is C26H26BrN3O6S. The van der Waals surface area contributed by atoms with E-state index < -0.39 is 11.1 Å². The molecule has 37 heavy (non-hydrogen) atoms. The van der Waals surface area contributed by atoms with Crippen molar-refractivity contribution in [2.75, 3.05) is 38.7 Å². The van der Waals surface area contributed by atoms with Gasteiger partial charge in [0.15, 0.2) is 18.1 Å². The normalized spacial score (nSPS) is 16.5. The molecule has 2 aliphatic rings. The van der Waals surface area contributed by atoms with Crippen LogP contribution in [0.25, 0.3) is 6.08 Å². The fourth-order valence-corrected chi connectivity index (χ4v) is 5.16. The second-order valence-electron chi connectivity index (χ2n) is 8.58. The lowest BCUT2D eigenvalue weighted by Crippen LogP contribution is -2.40. The molecule has 194 valence electrons. The van der Waals surface area contributed by atoms with E-state index in [1.54, 1.807) is 23.1 Å². The highest BCUT2D eigenvalue weighted by molar-refractivity contribution is 9.10. The Hall–Kier alpha value is -3.31. The number of halogens is 1. The molecule has 0 radical (unpaired) electrons. The monoisotopic (exact) mass is 587 g/mol. The molecule has 0 spiro atoms. The van der Waals surface area contributed by atoms with Gasteiger partial charge in [-0.05, 0) is 67.4 Å². The zero-order chi connectivity index (χ0) is 26.5.